The van der Waals surface area contributed by atoms with Crippen LogP contribution < -0.4 is 10.2 Å². The van der Waals surface area contributed by atoms with Gasteiger partial charge in [-0.15, -0.1) is 0 Å². The molecule has 1 aliphatic rings. The van der Waals surface area contributed by atoms with E-state index < -0.39 is 0 Å². The Morgan fingerprint density at radius 3 is 2.65 bits per heavy atom. The van der Waals surface area contributed by atoms with E-state index in [1.54, 1.807) is 0 Å². The summed E-state index contributed by atoms with van der Waals surface area (Å²) in [5.41, 5.74) is 2.70. The summed E-state index contributed by atoms with van der Waals surface area (Å²) in [5, 5.41) is 3.58. The van der Waals surface area contributed by atoms with E-state index in [0.29, 0.717) is 0 Å². The van der Waals surface area contributed by atoms with E-state index in [0.717, 1.165) is 6.54 Å². The largest absolute Gasteiger partial charge is 0.383 e. The zero-order chi connectivity index (χ0) is 11.9. The van der Waals surface area contributed by atoms with Crippen molar-refractivity contribution < 1.29 is 0 Å². The summed E-state index contributed by atoms with van der Waals surface area (Å²) >= 11 is 0. The van der Waals surface area contributed by atoms with Crippen molar-refractivity contribution in [2.75, 3.05) is 29.9 Å². The molecule has 0 spiro atoms. The smallest absolute Gasteiger partial charge is 0.0602 e. The number of para-hydroxylation sites is 2. The van der Waals surface area contributed by atoms with Crippen molar-refractivity contribution in [3.63, 3.8) is 0 Å². The predicted octanol–water partition coefficient (Wildman–Crippen LogP) is 3.89. The Bertz CT molecular complexity index is 329. The summed E-state index contributed by atoms with van der Waals surface area (Å²) in [6, 6.07) is 8.72. The van der Waals surface area contributed by atoms with Gasteiger partial charge in [-0.1, -0.05) is 31.9 Å². The third kappa shape index (κ3) is 3.39. The maximum Gasteiger partial charge on any atom is 0.0602 e. The zero-order valence-corrected chi connectivity index (χ0v) is 10.9. The lowest BCUT2D eigenvalue weighted by Crippen LogP contribution is -2.19. The molecule has 17 heavy (non-hydrogen) atoms. The molecule has 0 aromatic heterocycles. The number of unbranched alkanes of at least 4 members (excludes halogenated alkanes) is 2. The van der Waals surface area contributed by atoms with Crippen LogP contribution in [0, 0.1) is 0 Å². The quantitative estimate of drug-likeness (QED) is 0.749. The van der Waals surface area contributed by atoms with Crippen LogP contribution in [0.25, 0.3) is 0 Å². The molecule has 2 heteroatoms. The van der Waals surface area contributed by atoms with Gasteiger partial charge in [-0.05, 0) is 31.4 Å². The Morgan fingerprint density at radius 2 is 1.88 bits per heavy atom. The summed E-state index contributed by atoms with van der Waals surface area (Å²) in [5.74, 6) is 0. The molecule has 1 saturated heterocycles. The Kier molecular flexibility index (Phi) is 4.72. The number of benzene rings is 1. The van der Waals surface area contributed by atoms with Gasteiger partial charge < -0.3 is 10.2 Å². The fourth-order valence-electron chi connectivity index (χ4n) is 2.45. The molecule has 1 fully saturated rings. The summed E-state index contributed by atoms with van der Waals surface area (Å²) in [6.45, 7) is 5.78. The summed E-state index contributed by atoms with van der Waals surface area (Å²) in [7, 11) is 0. The highest BCUT2D eigenvalue weighted by molar-refractivity contribution is 5.70. The molecule has 0 radical (unpaired) electrons. The Morgan fingerprint density at radius 1 is 1.12 bits per heavy atom. The molecular formula is C15H24N2. The molecule has 1 heterocycles. The highest BCUT2D eigenvalue weighted by atomic mass is 15.2. The second-order valence-corrected chi connectivity index (χ2v) is 4.85. The first kappa shape index (κ1) is 12.3. The Labute approximate surface area is 105 Å². The van der Waals surface area contributed by atoms with Crippen molar-refractivity contribution in [3.05, 3.63) is 24.3 Å². The van der Waals surface area contributed by atoms with Crippen LogP contribution in [0.15, 0.2) is 24.3 Å². The number of rotatable bonds is 6. The van der Waals surface area contributed by atoms with Crippen molar-refractivity contribution in [2.24, 2.45) is 0 Å². The Hall–Kier alpha value is -1.18. The monoisotopic (exact) mass is 232 g/mol. The second-order valence-electron chi connectivity index (χ2n) is 4.85. The van der Waals surface area contributed by atoms with Gasteiger partial charge in [-0.3, -0.25) is 0 Å². The number of nitrogens with one attached hydrogen (secondary N) is 1. The number of hydrogen-bond acceptors (Lipinski definition) is 2. The first-order chi connectivity index (χ1) is 8.42. The first-order valence-corrected chi connectivity index (χ1v) is 6.99. The van der Waals surface area contributed by atoms with Crippen LogP contribution in [0.2, 0.25) is 0 Å². The molecule has 0 saturated carbocycles. The maximum absolute atomic E-state index is 3.58. The lowest BCUT2D eigenvalue weighted by Gasteiger charge is -2.21. The first-order valence-electron chi connectivity index (χ1n) is 6.99. The molecule has 1 aromatic rings. The molecule has 2 rings (SSSR count). The van der Waals surface area contributed by atoms with E-state index in [1.807, 2.05) is 0 Å². The lowest BCUT2D eigenvalue weighted by atomic mass is 10.2. The normalized spacial score (nSPS) is 15.2. The van der Waals surface area contributed by atoms with E-state index >= 15 is 0 Å². The standard InChI is InChI=1S/C15H24N2/c1-2-3-6-11-16-14-9-4-5-10-15(14)17-12-7-8-13-17/h4-5,9-10,16H,2-3,6-8,11-13H2,1H3. The van der Waals surface area contributed by atoms with Gasteiger partial charge in [0.2, 0.25) is 0 Å². The second kappa shape index (κ2) is 6.53. The maximum atomic E-state index is 3.58. The number of anilines is 2. The minimum atomic E-state index is 1.10. The lowest BCUT2D eigenvalue weighted by molar-refractivity contribution is 0.743. The molecule has 1 aromatic carbocycles. The van der Waals surface area contributed by atoms with Crippen molar-refractivity contribution in [1.82, 2.24) is 0 Å². The molecule has 0 unspecified atom stereocenters. The SMILES string of the molecule is CCCCCNc1ccccc1N1CCCC1. The fraction of sp³-hybridized carbons (Fsp3) is 0.600. The predicted molar refractivity (Wildman–Crippen MR) is 75.9 cm³/mol. The molecule has 0 amide bonds. The van der Waals surface area contributed by atoms with Gasteiger partial charge in [0.15, 0.2) is 0 Å². The average Bonchev–Trinajstić information content (AvgIpc) is 2.89. The molecule has 0 atom stereocenters. The van der Waals surface area contributed by atoms with Gasteiger partial charge in [0.25, 0.3) is 0 Å². The third-order valence-corrected chi connectivity index (χ3v) is 3.45. The van der Waals surface area contributed by atoms with Crippen LogP contribution in [0.4, 0.5) is 11.4 Å². The van der Waals surface area contributed by atoms with Gasteiger partial charge in [-0.25, -0.2) is 0 Å². The minimum Gasteiger partial charge on any atom is -0.383 e. The summed E-state index contributed by atoms with van der Waals surface area (Å²) in [4.78, 5) is 2.50. The Balaban J connectivity index is 1.95. The van der Waals surface area contributed by atoms with Gasteiger partial charge in [0.05, 0.1) is 11.4 Å². The molecule has 94 valence electrons. The number of nitrogens with zero attached hydrogens (tertiary/aromatic N) is 1. The van der Waals surface area contributed by atoms with Gasteiger partial charge in [-0.2, -0.15) is 0 Å². The minimum absolute atomic E-state index is 1.10. The van der Waals surface area contributed by atoms with Crippen molar-refractivity contribution in [1.29, 1.82) is 0 Å². The van der Waals surface area contributed by atoms with Crippen LogP contribution in [-0.2, 0) is 0 Å². The van der Waals surface area contributed by atoms with Crippen LogP contribution >= 0.6 is 0 Å². The van der Waals surface area contributed by atoms with E-state index in [-0.39, 0.29) is 0 Å². The molecule has 0 bridgehead atoms. The number of hydrogen-bond donors (Lipinski definition) is 1. The van der Waals surface area contributed by atoms with Crippen LogP contribution in [0.1, 0.15) is 39.0 Å². The highest BCUT2D eigenvalue weighted by Crippen LogP contribution is 2.28. The van der Waals surface area contributed by atoms with Crippen LogP contribution in [0.5, 0.6) is 0 Å². The van der Waals surface area contributed by atoms with Crippen LogP contribution in [0.3, 0.4) is 0 Å². The third-order valence-electron chi connectivity index (χ3n) is 3.45. The molecule has 0 aliphatic carbocycles. The molecular weight excluding hydrogens is 208 g/mol. The zero-order valence-electron chi connectivity index (χ0n) is 10.9. The summed E-state index contributed by atoms with van der Waals surface area (Å²) < 4.78 is 0. The highest BCUT2D eigenvalue weighted by Gasteiger charge is 2.14. The molecule has 1 N–H and O–H groups in total. The topological polar surface area (TPSA) is 15.3 Å². The van der Waals surface area contributed by atoms with Crippen molar-refractivity contribution in [3.8, 4) is 0 Å². The van der Waals surface area contributed by atoms with Crippen molar-refractivity contribution >= 4 is 11.4 Å². The summed E-state index contributed by atoms with van der Waals surface area (Å²) in [6.07, 6.45) is 6.55. The van der Waals surface area contributed by atoms with Gasteiger partial charge in [0.1, 0.15) is 0 Å². The van der Waals surface area contributed by atoms with Gasteiger partial charge in [0, 0.05) is 19.6 Å². The molecule has 1 aliphatic heterocycles. The molecule has 2 nitrogen and oxygen atoms in total. The van der Waals surface area contributed by atoms with E-state index in [4.69, 9.17) is 0 Å². The van der Waals surface area contributed by atoms with E-state index in [1.165, 1.54) is 56.6 Å². The van der Waals surface area contributed by atoms with Gasteiger partial charge >= 0.3 is 0 Å². The average molecular weight is 232 g/mol. The van der Waals surface area contributed by atoms with Crippen LogP contribution in [-0.4, -0.2) is 19.6 Å². The van der Waals surface area contributed by atoms with E-state index in [2.05, 4.69) is 41.4 Å². The van der Waals surface area contributed by atoms with Crippen molar-refractivity contribution in [2.45, 2.75) is 39.0 Å². The fourth-order valence-corrected chi connectivity index (χ4v) is 2.45. The van der Waals surface area contributed by atoms with E-state index in [9.17, 15) is 0 Å².